The molecule has 3 aromatic rings. The van der Waals surface area contributed by atoms with Gasteiger partial charge in [-0.25, -0.2) is 0 Å². The number of hydrogen-bond acceptors (Lipinski definition) is 8. The van der Waals surface area contributed by atoms with E-state index in [2.05, 4.69) is 10.2 Å². The lowest BCUT2D eigenvalue weighted by Crippen LogP contribution is -2.39. The van der Waals surface area contributed by atoms with E-state index >= 15 is 0 Å². The van der Waals surface area contributed by atoms with Gasteiger partial charge in [-0.15, -0.1) is 0 Å². The van der Waals surface area contributed by atoms with E-state index < -0.39 is 23.7 Å². The average Bonchev–Trinajstić information content (AvgIpc) is 3.31. The lowest BCUT2D eigenvalue weighted by atomic mass is 9.59. The second-order valence-corrected chi connectivity index (χ2v) is 12.5. The highest BCUT2D eigenvalue weighted by Gasteiger charge is 2.56. The zero-order valence-corrected chi connectivity index (χ0v) is 25.7. The molecule has 9 heteroatoms. The van der Waals surface area contributed by atoms with Crippen molar-refractivity contribution >= 4 is 46.1 Å². The highest BCUT2D eigenvalue weighted by atomic mass is 16.3. The molecule has 1 saturated heterocycles. The van der Waals surface area contributed by atoms with Gasteiger partial charge < -0.3 is 10.0 Å². The van der Waals surface area contributed by atoms with Crippen molar-refractivity contribution in [3.05, 3.63) is 113 Å². The fourth-order valence-electron chi connectivity index (χ4n) is 7.28. The molecule has 230 valence electrons. The number of Topliss-reactive ketones (excluding diaryl/α,β-unsaturated/α-hetero) is 1. The van der Waals surface area contributed by atoms with E-state index in [1.54, 1.807) is 55.5 Å². The van der Waals surface area contributed by atoms with Gasteiger partial charge in [0.15, 0.2) is 11.6 Å². The molecule has 3 aromatic carbocycles. The molecule has 7 rings (SSSR count). The molecular weight excluding hydrogens is 580 g/mol. The van der Waals surface area contributed by atoms with Gasteiger partial charge in [-0.05, 0) is 98.0 Å². The fraction of sp³-hybridized carbons (Fsp3) is 0.243. The van der Waals surface area contributed by atoms with E-state index in [9.17, 15) is 24.3 Å². The van der Waals surface area contributed by atoms with Gasteiger partial charge in [-0.2, -0.15) is 10.2 Å². The van der Waals surface area contributed by atoms with E-state index in [0.29, 0.717) is 40.2 Å². The summed E-state index contributed by atoms with van der Waals surface area (Å²) in [6.07, 6.45) is 3.94. The number of rotatable bonds is 5. The maximum Gasteiger partial charge on any atom is 0.238 e. The summed E-state index contributed by atoms with van der Waals surface area (Å²) in [5.41, 5.74) is 5.61. The predicted molar refractivity (Wildman–Crippen MR) is 173 cm³/mol. The monoisotopic (exact) mass is 612 g/mol. The van der Waals surface area contributed by atoms with Gasteiger partial charge in [0.2, 0.25) is 11.8 Å². The number of amides is 2. The van der Waals surface area contributed by atoms with Gasteiger partial charge in [-0.3, -0.25) is 24.1 Å². The number of imide groups is 1. The van der Waals surface area contributed by atoms with Crippen LogP contribution >= 0.6 is 0 Å². The number of allylic oxidation sites excluding steroid dienone is 6. The summed E-state index contributed by atoms with van der Waals surface area (Å²) in [6.45, 7) is 1.63. The van der Waals surface area contributed by atoms with Gasteiger partial charge in [0.25, 0.3) is 0 Å². The zero-order valence-electron chi connectivity index (χ0n) is 25.7. The van der Waals surface area contributed by atoms with Crippen molar-refractivity contribution in [1.29, 1.82) is 0 Å². The van der Waals surface area contributed by atoms with Crippen molar-refractivity contribution in [2.45, 2.75) is 25.7 Å². The summed E-state index contributed by atoms with van der Waals surface area (Å²) in [7, 11) is 3.93. The van der Waals surface area contributed by atoms with Crippen LogP contribution in [0.15, 0.2) is 117 Å². The summed E-state index contributed by atoms with van der Waals surface area (Å²) < 4.78 is 0. The number of hydrogen-bond donors (Lipinski definition) is 1. The molecule has 46 heavy (non-hydrogen) atoms. The van der Waals surface area contributed by atoms with Crippen LogP contribution in [0, 0.1) is 17.8 Å². The van der Waals surface area contributed by atoms with E-state index in [0.717, 1.165) is 16.8 Å². The number of phenolic OH excluding ortho intramolecular Hbond substituents is 1. The fourth-order valence-corrected chi connectivity index (χ4v) is 7.28. The number of ketones is 2. The Morgan fingerprint density at radius 2 is 1.43 bits per heavy atom. The van der Waals surface area contributed by atoms with Crippen LogP contribution in [0.25, 0.3) is 0 Å². The van der Waals surface area contributed by atoms with E-state index in [1.807, 2.05) is 49.3 Å². The number of nitrogens with zero attached hydrogens (tertiary/aromatic N) is 4. The number of carbonyl (C=O) groups is 4. The van der Waals surface area contributed by atoms with Crippen LogP contribution in [0.2, 0.25) is 0 Å². The third kappa shape index (κ3) is 4.79. The molecule has 2 amide bonds. The minimum absolute atomic E-state index is 0.0862. The van der Waals surface area contributed by atoms with Crippen molar-refractivity contribution < 1.29 is 24.3 Å². The second-order valence-electron chi connectivity index (χ2n) is 12.5. The predicted octanol–water partition coefficient (Wildman–Crippen LogP) is 6.51. The Kier molecular flexibility index (Phi) is 7.11. The molecule has 3 aliphatic carbocycles. The zero-order chi connectivity index (χ0) is 32.3. The number of phenols is 1. The highest BCUT2D eigenvalue weighted by Crippen LogP contribution is 2.55. The second kappa shape index (κ2) is 11.2. The summed E-state index contributed by atoms with van der Waals surface area (Å²) in [4.78, 5) is 58.0. The van der Waals surface area contributed by atoms with Crippen LogP contribution in [0.3, 0.4) is 0 Å². The third-order valence-corrected chi connectivity index (χ3v) is 9.54. The van der Waals surface area contributed by atoms with Crippen LogP contribution in [-0.4, -0.2) is 42.6 Å². The number of azo groups is 1. The minimum atomic E-state index is -0.667. The number of aromatic hydroxyl groups is 1. The van der Waals surface area contributed by atoms with Crippen molar-refractivity contribution in [2.24, 2.45) is 28.0 Å². The van der Waals surface area contributed by atoms with Crippen LogP contribution in [0.1, 0.15) is 31.2 Å². The Balaban J connectivity index is 1.18. The third-order valence-electron chi connectivity index (χ3n) is 9.54. The Bertz CT molecular complexity index is 1920. The van der Waals surface area contributed by atoms with Gasteiger partial charge in [0, 0.05) is 42.4 Å². The van der Waals surface area contributed by atoms with Gasteiger partial charge in [-0.1, -0.05) is 23.8 Å². The maximum atomic E-state index is 14.2. The SMILES string of the molecule is CC1=CC(=O)C2=C(CC3C(=CCC4C(=O)N(c5ccc(N=Nc6ccc(N(C)C)cc6)cc5)C(=O)C43)C2c2ccc(O)cc2)C1=O. The van der Waals surface area contributed by atoms with Crippen molar-refractivity contribution in [3.8, 4) is 5.75 Å². The summed E-state index contributed by atoms with van der Waals surface area (Å²) >= 11 is 0. The molecular formula is C37H32N4O5. The first-order valence-electron chi connectivity index (χ1n) is 15.3. The lowest BCUT2D eigenvalue weighted by molar-refractivity contribution is -0.123. The molecule has 1 fully saturated rings. The first-order valence-corrected chi connectivity index (χ1v) is 15.3. The normalized spacial score (nSPS) is 24.1. The molecule has 4 aliphatic rings. The minimum Gasteiger partial charge on any atom is -0.508 e. The van der Waals surface area contributed by atoms with Crippen molar-refractivity contribution in [2.75, 3.05) is 23.9 Å². The Morgan fingerprint density at radius 1 is 0.804 bits per heavy atom. The van der Waals surface area contributed by atoms with Gasteiger partial charge >= 0.3 is 0 Å². The molecule has 1 N–H and O–H groups in total. The first kappa shape index (κ1) is 29.3. The highest BCUT2D eigenvalue weighted by molar-refractivity contribution is 6.25. The average molecular weight is 613 g/mol. The first-order chi connectivity index (χ1) is 22.1. The van der Waals surface area contributed by atoms with Crippen LogP contribution < -0.4 is 9.80 Å². The van der Waals surface area contributed by atoms with Crippen LogP contribution in [0.5, 0.6) is 5.75 Å². The number of carbonyl (C=O) groups excluding carboxylic acids is 4. The van der Waals surface area contributed by atoms with Crippen LogP contribution in [0.4, 0.5) is 22.7 Å². The molecule has 4 unspecified atom stereocenters. The van der Waals surface area contributed by atoms with Crippen molar-refractivity contribution in [1.82, 2.24) is 0 Å². The molecule has 1 heterocycles. The smallest absolute Gasteiger partial charge is 0.238 e. The Hall–Kier alpha value is -5.44. The van der Waals surface area contributed by atoms with Crippen molar-refractivity contribution in [3.63, 3.8) is 0 Å². The largest absolute Gasteiger partial charge is 0.508 e. The number of anilines is 2. The molecule has 9 nitrogen and oxygen atoms in total. The quantitative estimate of drug-likeness (QED) is 0.152. The molecule has 0 saturated carbocycles. The standard InChI is InChI=1S/C37H32N4O5/c1-20-18-31(43)34-30(35(20)44)19-29-27(32(34)21-4-14-26(42)15-5-21)16-17-28-33(29)37(46)41(36(28)45)25-12-8-23(9-13-25)39-38-22-6-10-24(11-7-22)40(2)3/h4-16,18,28-29,32-33,42H,17,19H2,1-3H3. The lowest BCUT2D eigenvalue weighted by Gasteiger charge is -2.42. The topological polar surface area (TPSA) is 120 Å². The van der Waals surface area contributed by atoms with E-state index in [4.69, 9.17) is 0 Å². The molecule has 4 atom stereocenters. The maximum absolute atomic E-state index is 14.2. The van der Waals surface area contributed by atoms with Gasteiger partial charge in [0.1, 0.15) is 5.75 Å². The van der Waals surface area contributed by atoms with E-state index in [1.165, 1.54) is 11.0 Å². The molecule has 0 radical (unpaired) electrons. The van der Waals surface area contributed by atoms with Gasteiger partial charge in [0.05, 0.1) is 28.9 Å². The van der Waals surface area contributed by atoms with Crippen LogP contribution in [-0.2, 0) is 19.2 Å². The Morgan fingerprint density at radius 3 is 2.07 bits per heavy atom. The molecule has 0 aromatic heterocycles. The molecule has 0 spiro atoms. The summed E-state index contributed by atoms with van der Waals surface area (Å²) in [5, 5.41) is 18.6. The Labute approximate surface area is 266 Å². The van der Waals surface area contributed by atoms with E-state index in [-0.39, 0.29) is 35.6 Å². The molecule has 1 aliphatic heterocycles. The summed E-state index contributed by atoms with van der Waals surface area (Å²) in [5.74, 6) is -3.12. The molecule has 0 bridgehead atoms. The summed E-state index contributed by atoms with van der Waals surface area (Å²) in [6, 6.07) is 21.1. The number of fused-ring (bicyclic) bond motifs is 3. The number of benzene rings is 3.